The van der Waals surface area contributed by atoms with Crippen molar-refractivity contribution in [2.75, 3.05) is 4.90 Å². The zero-order chi connectivity index (χ0) is 36.5. The number of fused-ring (bicyclic) bond motifs is 9. The molecule has 2 heterocycles. The van der Waals surface area contributed by atoms with E-state index in [0.29, 0.717) is 6.54 Å². The fourth-order valence-corrected chi connectivity index (χ4v) is 10.4. The molecule has 11 rings (SSSR count). The summed E-state index contributed by atoms with van der Waals surface area (Å²) in [6.45, 7) is 3.14. The Kier molecular flexibility index (Phi) is 7.33. The van der Waals surface area contributed by atoms with Crippen LogP contribution in [0.5, 0.6) is 0 Å². The number of benzene rings is 8. The maximum Gasteiger partial charge on any atom is 0.135 e. The molecule has 0 N–H and O–H groups in total. The van der Waals surface area contributed by atoms with E-state index in [1.807, 2.05) is 11.3 Å². The number of furan rings is 1. The summed E-state index contributed by atoms with van der Waals surface area (Å²) in [7, 11) is 0. The molecule has 0 unspecified atom stereocenters. The van der Waals surface area contributed by atoms with Crippen LogP contribution in [0.3, 0.4) is 0 Å². The molecule has 55 heavy (non-hydrogen) atoms. The van der Waals surface area contributed by atoms with Crippen LogP contribution in [0.15, 0.2) is 186 Å². The molecule has 0 saturated heterocycles. The molecule has 8 aromatic carbocycles. The highest BCUT2D eigenvalue weighted by Crippen LogP contribution is 2.52. The van der Waals surface area contributed by atoms with E-state index in [2.05, 4.69) is 194 Å². The van der Waals surface area contributed by atoms with Crippen molar-refractivity contribution in [1.82, 2.24) is 0 Å². The van der Waals surface area contributed by atoms with E-state index in [4.69, 9.17) is 4.42 Å². The Morgan fingerprint density at radius 3 is 1.93 bits per heavy atom. The molecule has 0 radical (unpaired) electrons. The van der Waals surface area contributed by atoms with Crippen LogP contribution in [0.2, 0.25) is 0 Å². The van der Waals surface area contributed by atoms with E-state index < -0.39 is 0 Å². The first kappa shape index (κ1) is 32.0. The van der Waals surface area contributed by atoms with Gasteiger partial charge in [0.15, 0.2) is 0 Å². The van der Waals surface area contributed by atoms with Gasteiger partial charge in [-0.3, -0.25) is 0 Å². The van der Waals surface area contributed by atoms with Crippen LogP contribution in [0.25, 0.3) is 64.4 Å². The predicted molar refractivity (Wildman–Crippen MR) is 233 cm³/mol. The van der Waals surface area contributed by atoms with Gasteiger partial charge >= 0.3 is 0 Å². The number of para-hydroxylation sites is 1. The first-order valence-electron chi connectivity index (χ1n) is 19.1. The van der Waals surface area contributed by atoms with Crippen LogP contribution >= 0.6 is 11.3 Å². The van der Waals surface area contributed by atoms with Gasteiger partial charge in [-0.25, -0.2) is 0 Å². The third-order valence-corrected chi connectivity index (χ3v) is 13.0. The van der Waals surface area contributed by atoms with Crippen molar-refractivity contribution < 1.29 is 4.42 Å². The largest absolute Gasteiger partial charge is 0.456 e. The third-order valence-electron chi connectivity index (χ3n) is 11.9. The van der Waals surface area contributed by atoms with Crippen LogP contribution in [-0.4, -0.2) is 0 Å². The molecule has 1 aliphatic rings. The minimum atomic E-state index is -0.236. The maximum atomic E-state index is 6.60. The van der Waals surface area contributed by atoms with Gasteiger partial charge in [-0.2, -0.15) is 0 Å². The summed E-state index contributed by atoms with van der Waals surface area (Å²) in [6.07, 6.45) is 0.837. The van der Waals surface area contributed by atoms with Crippen LogP contribution in [0.1, 0.15) is 29.2 Å². The highest BCUT2D eigenvalue weighted by molar-refractivity contribution is 7.26. The molecule has 0 amide bonds. The zero-order valence-electron chi connectivity index (χ0n) is 30.5. The molecule has 0 spiro atoms. The van der Waals surface area contributed by atoms with E-state index in [-0.39, 0.29) is 5.41 Å². The fourth-order valence-electron chi connectivity index (χ4n) is 9.30. The molecule has 1 aliphatic carbocycles. The molecule has 262 valence electrons. The van der Waals surface area contributed by atoms with Crippen molar-refractivity contribution >= 4 is 64.8 Å². The Labute approximate surface area is 324 Å². The SMILES string of the molecule is CC1(Cc2c(CN(c3ccc(-c4ccccc4)cc3)c3cccc4sc5ccccc5c34)ccc3oc4ccccc4c23)c2ccccc2-c2ccccc21. The minimum absolute atomic E-state index is 0.236. The number of anilines is 2. The third kappa shape index (κ3) is 5.07. The van der Waals surface area contributed by atoms with Gasteiger partial charge in [0.2, 0.25) is 0 Å². The number of hydrogen-bond acceptors (Lipinski definition) is 3. The second-order valence-electron chi connectivity index (χ2n) is 15.0. The molecule has 2 aromatic heterocycles. The summed E-state index contributed by atoms with van der Waals surface area (Å²) in [4.78, 5) is 2.54. The van der Waals surface area contributed by atoms with Gasteiger partial charge in [0, 0.05) is 48.6 Å². The quantitative estimate of drug-likeness (QED) is 0.163. The molecule has 0 bridgehead atoms. The van der Waals surface area contributed by atoms with E-state index >= 15 is 0 Å². The Balaban J connectivity index is 1.14. The summed E-state index contributed by atoms with van der Waals surface area (Å²) in [5, 5.41) is 4.99. The van der Waals surface area contributed by atoms with Crippen LogP contribution in [0, 0.1) is 0 Å². The maximum absolute atomic E-state index is 6.60. The lowest BCUT2D eigenvalue weighted by Crippen LogP contribution is -2.26. The molecule has 2 nitrogen and oxygen atoms in total. The molecular formula is C52H37NOS. The number of rotatable bonds is 7. The molecule has 0 atom stereocenters. The zero-order valence-corrected chi connectivity index (χ0v) is 31.3. The fraction of sp³-hybridized carbons (Fsp3) is 0.0769. The summed E-state index contributed by atoms with van der Waals surface area (Å²) < 4.78 is 9.20. The van der Waals surface area contributed by atoms with Gasteiger partial charge in [-0.05, 0) is 93.4 Å². The van der Waals surface area contributed by atoms with Gasteiger partial charge in [0.25, 0.3) is 0 Å². The van der Waals surface area contributed by atoms with Crippen molar-refractivity contribution in [2.45, 2.75) is 25.3 Å². The van der Waals surface area contributed by atoms with Gasteiger partial charge in [-0.15, -0.1) is 11.3 Å². The van der Waals surface area contributed by atoms with Crippen molar-refractivity contribution in [3.8, 4) is 22.3 Å². The van der Waals surface area contributed by atoms with Crippen LogP contribution < -0.4 is 4.90 Å². The first-order chi connectivity index (χ1) is 27.1. The Hall–Kier alpha value is -6.42. The number of hydrogen-bond donors (Lipinski definition) is 0. The average molecular weight is 724 g/mol. The van der Waals surface area contributed by atoms with Crippen molar-refractivity contribution in [1.29, 1.82) is 0 Å². The van der Waals surface area contributed by atoms with Crippen LogP contribution in [-0.2, 0) is 18.4 Å². The standard InChI is InChI=1S/C52H37NOS/c1-52(43-20-9-5-16-38(43)39-17-6-10-21-44(39)52)32-42-36(28-31-47-50(42)40-18-7-11-23-46(40)54-47)33-53(37-29-26-35(27-30-37)34-14-3-2-4-15-34)45-22-13-25-49-51(45)41-19-8-12-24-48(41)55-49/h2-31H,32-33H2,1H3. The predicted octanol–water partition coefficient (Wildman–Crippen LogP) is 14.5. The van der Waals surface area contributed by atoms with Crippen molar-refractivity contribution in [3.63, 3.8) is 0 Å². The molecule has 3 heteroatoms. The Morgan fingerprint density at radius 2 is 1.15 bits per heavy atom. The second kappa shape index (κ2) is 12.6. The molecular weight excluding hydrogens is 687 g/mol. The first-order valence-corrected chi connectivity index (χ1v) is 19.9. The second-order valence-corrected chi connectivity index (χ2v) is 16.1. The van der Waals surface area contributed by atoms with E-state index in [1.54, 1.807) is 0 Å². The molecule has 0 saturated carbocycles. The average Bonchev–Trinajstić information content (AvgIpc) is 3.90. The highest BCUT2D eigenvalue weighted by atomic mass is 32.1. The van der Waals surface area contributed by atoms with Gasteiger partial charge in [0.1, 0.15) is 11.2 Å². The molecule has 10 aromatic rings. The topological polar surface area (TPSA) is 16.4 Å². The minimum Gasteiger partial charge on any atom is -0.456 e. The van der Waals surface area contributed by atoms with Gasteiger partial charge in [0.05, 0.1) is 5.69 Å². The Bertz CT molecular complexity index is 3020. The van der Waals surface area contributed by atoms with E-state index in [9.17, 15) is 0 Å². The highest BCUT2D eigenvalue weighted by Gasteiger charge is 2.40. The lowest BCUT2D eigenvalue weighted by atomic mass is 9.74. The summed E-state index contributed by atoms with van der Waals surface area (Å²) >= 11 is 1.87. The van der Waals surface area contributed by atoms with Gasteiger partial charge < -0.3 is 9.32 Å². The monoisotopic (exact) mass is 723 g/mol. The number of nitrogens with zero attached hydrogens (tertiary/aromatic N) is 1. The van der Waals surface area contributed by atoms with E-state index in [0.717, 1.165) is 23.3 Å². The normalized spacial score (nSPS) is 13.1. The van der Waals surface area contributed by atoms with Crippen molar-refractivity contribution in [2.24, 2.45) is 0 Å². The van der Waals surface area contributed by atoms with E-state index in [1.165, 1.54) is 81.1 Å². The summed E-state index contributed by atoms with van der Waals surface area (Å²) in [5.74, 6) is 0. The lowest BCUT2D eigenvalue weighted by Gasteiger charge is -2.31. The van der Waals surface area contributed by atoms with Gasteiger partial charge in [-0.1, -0.05) is 146 Å². The number of thiophene rings is 1. The lowest BCUT2D eigenvalue weighted by molar-refractivity contribution is 0.581. The van der Waals surface area contributed by atoms with Crippen LogP contribution in [0.4, 0.5) is 11.4 Å². The summed E-state index contributed by atoms with van der Waals surface area (Å²) in [6, 6.07) is 66.5. The summed E-state index contributed by atoms with van der Waals surface area (Å²) in [5.41, 5.74) is 14.5. The smallest absolute Gasteiger partial charge is 0.135 e. The Morgan fingerprint density at radius 1 is 0.509 bits per heavy atom. The van der Waals surface area contributed by atoms with Crippen molar-refractivity contribution in [3.05, 3.63) is 204 Å². The molecule has 0 aliphatic heterocycles. The molecule has 0 fully saturated rings.